The molecule has 2 fully saturated rings. The first-order valence-corrected chi connectivity index (χ1v) is 9.63. The number of rotatable bonds is 5. The Bertz CT molecular complexity index is 758. The van der Waals surface area contributed by atoms with Gasteiger partial charge in [0.05, 0.1) is 18.1 Å². The molecule has 3 N–H and O–H groups in total. The summed E-state index contributed by atoms with van der Waals surface area (Å²) in [6.45, 7) is 0.171. The van der Waals surface area contributed by atoms with E-state index >= 15 is 0 Å². The number of hydrogen-bond acceptors (Lipinski definition) is 6. The third-order valence-electron chi connectivity index (χ3n) is 4.29. The molecule has 0 saturated carbocycles. The van der Waals surface area contributed by atoms with E-state index in [-0.39, 0.29) is 54.9 Å². The van der Waals surface area contributed by atoms with E-state index < -0.39 is 39.9 Å². The maximum absolute atomic E-state index is 12.3. The second-order valence-corrected chi connectivity index (χ2v) is 8.78. The number of carbonyl (C=O) groups excluding carboxylic acids is 2. The fourth-order valence-electron chi connectivity index (χ4n) is 3.47. The largest absolute Gasteiger partial charge is 1.00 e. The molecule has 0 spiro atoms. The van der Waals surface area contributed by atoms with Crippen LogP contribution in [0.4, 0.5) is 0 Å². The molecule has 0 aromatic rings. The van der Waals surface area contributed by atoms with Crippen LogP contribution < -0.4 is 35.3 Å². The summed E-state index contributed by atoms with van der Waals surface area (Å²) in [6.07, 6.45) is 1.35. The van der Waals surface area contributed by atoms with Gasteiger partial charge in [-0.2, -0.15) is 4.31 Å². The zero-order valence-corrected chi connectivity index (χ0v) is 16.8. The molecule has 0 aromatic carbocycles. The van der Waals surface area contributed by atoms with Crippen LogP contribution in [0.3, 0.4) is 0 Å². The van der Waals surface area contributed by atoms with E-state index in [9.17, 15) is 27.9 Å². The van der Waals surface area contributed by atoms with Gasteiger partial charge in [0.2, 0.25) is 21.8 Å². The van der Waals surface area contributed by atoms with Crippen LogP contribution in [0.5, 0.6) is 0 Å². The molecule has 3 heterocycles. The molecule has 0 bridgehead atoms. The van der Waals surface area contributed by atoms with Crippen LogP contribution in [-0.4, -0.2) is 71.2 Å². The van der Waals surface area contributed by atoms with Gasteiger partial charge in [-0.05, 0) is 6.42 Å². The smallest absolute Gasteiger partial charge is 1.00 e. The van der Waals surface area contributed by atoms with Crippen molar-refractivity contribution in [3.8, 4) is 0 Å². The Balaban J connectivity index is 0.00000156. The van der Waals surface area contributed by atoms with Crippen molar-refractivity contribution in [2.45, 2.75) is 18.5 Å². The van der Waals surface area contributed by atoms with Crippen molar-refractivity contribution in [2.24, 2.45) is 11.7 Å². The van der Waals surface area contributed by atoms with Gasteiger partial charge in [-0.3, -0.25) is 14.5 Å². The molecule has 2 amide bonds. The molecule has 3 rings (SSSR count). The van der Waals surface area contributed by atoms with E-state index in [4.69, 9.17) is 5.73 Å². The molecular weight excluding hydrogens is 369 g/mol. The van der Waals surface area contributed by atoms with Crippen molar-refractivity contribution >= 4 is 39.6 Å². The van der Waals surface area contributed by atoms with Crippen molar-refractivity contribution in [3.63, 3.8) is 0 Å². The Kier molecular flexibility index (Phi) is 5.44. The van der Waals surface area contributed by atoms with Crippen molar-refractivity contribution in [1.82, 2.24) is 9.21 Å². The molecule has 24 heavy (non-hydrogen) atoms. The van der Waals surface area contributed by atoms with Crippen molar-refractivity contribution in [3.05, 3.63) is 10.6 Å². The molecule has 128 valence electrons. The van der Waals surface area contributed by atoms with E-state index in [1.807, 2.05) is 0 Å². The van der Waals surface area contributed by atoms with Crippen LogP contribution in [0, 0.1) is 5.92 Å². The third kappa shape index (κ3) is 3.01. The maximum Gasteiger partial charge on any atom is 1.00 e. The molecule has 9 nitrogen and oxygen atoms in total. The van der Waals surface area contributed by atoms with Gasteiger partial charge in [0, 0.05) is 17.4 Å². The zero-order chi connectivity index (χ0) is 17.1. The normalized spacial score (nSPS) is 29.0. The van der Waals surface area contributed by atoms with Crippen LogP contribution in [0.15, 0.2) is 10.6 Å². The number of allylic oxidation sites excluding steroid dienone is 1. The average Bonchev–Trinajstić information content (AvgIpc) is 2.79. The Morgan fingerprint density at radius 3 is 2.58 bits per heavy atom. The molecule has 0 radical (unpaired) electrons. The molecule has 3 aliphatic heterocycles. The minimum Gasteiger partial charge on any atom is -1.00 e. The fourth-order valence-corrected chi connectivity index (χ4v) is 5.53. The van der Waals surface area contributed by atoms with Gasteiger partial charge in [-0.1, -0.05) is 0 Å². The predicted molar refractivity (Wildman–Crippen MR) is 81.5 cm³/mol. The van der Waals surface area contributed by atoms with Crippen molar-refractivity contribution in [1.29, 1.82) is 0 Å². The Labute approximate surface area is 166 Å². The number of nitrogens with two attached hydrogens (primary N) is 1. The minimum atomic E-state index is -3.55. The van der Waals surface area contributed by atoms with Gasteiger partial charge in [-0.15, -0.1) is 11.8 Å². The number of carbonyl (C=O) groups is 3. The molecule has 12 heteroatoms. The molecule has 0 aliphatic carbocycles. The number of carboxylic acid groups (broad SMARTS) is 1. The van der Waals surface area contributed by atoms with E-state index in [1.165, 1.54) is 0 Å². The molecule has 0 aromatic heterocycles. The molecule has 3 atom stereocenters. The van der Waals surface area contributed by atoms with Crippen LogP contribution in [0.2, 0.25) is 0 Å². The Morgan fingerprint density at radius 2 is 2.08 bits per heavy atom. The second-order valence-electron chi connectivity index (χ2n) is 5.77. The maximum atomic E-state index is 12.3. The number of hydrogen-bond donors (Lipinski definition) is 2. The summed E-state index contributed by atoms with van der Waals surface area (Å²) >= 11 is 0.992. The molecule has 0 unspecified atom stereocenters. The molecule has 3 aliphatic rings. The summed E-state index contributed by atoms with van der Waals surface area (Å²) in [5, 5.41) is 9.42. The van der Waals surface area contributed by atoms with Gasteiger partial charge in [0.25, 0.3) is 0 Å². The van der Waals surface area contributed by atoms with Crippen molar-refractivity contribution in [2.75, 3.05) is 18.6 Å². The monoisotopic (exact) mass is 385 g/mol. The number of thioether (sulfide) groups is 1. The van der Waals surface area contributed by atoms with Crippen LogP contribution in [0.25, 0.3) is 0 Å². The molecule has 2 saturated heterocycles. The first-order chi connectivity index (χ1) is 10.6. The van der Waals surface area contributed by atoms with Crippen molar-refractivity contribution < 1.29 is 58.9 Å². The summed E-state index contributed by atoms with van der Waals surface area (Å²) in [6, 6.07) is -1.26. The first kappa shape index (κ1) is 19.7. The van der Waals surface area contributed by atoms with Gasteiger partial charge in [0.1, 0.15) is 11.7 Å². The zero-order valence-electron chi connectivity index (χ0n) is 14.1. The summed E-state index contributed by atoms with van der Waals surface area (Å²) in [5.74, 6) is -2.65. The van der Waals surface area contributed by atoms with E-state index in [0.717, 1.165) is 27.2 Å². The topological polar surface area (TPSA) is 138 Å². The summed E-state index contributed by atoms with van der Waals surface area (Å²) in [4.78, 5) is 36.4. The minimum absolute atomic E-state index is 0. The van der Waals surface area contributed by atoms with Crippen LogP contribution >= 0.6 is 11.8 Å². The number of carboxylic acids is 1. The number of β-lactam (4-membered cyclic amide) rings is 1. The summed E-state index contributed by atoms with van der Waals surface area (Å²) in [7, 11) is -3.55. The SMILES string of the molecule is CS(=O)(=O)N1C[C@H]2CC(SCC(N)=O)=C(C(=O)O)N3C(=O)[C@@H]1[C@@H]23.[H-].[Na+]. The first-order valence-electron chi connectivity index (χ1n) is 6.80. The van der Waals surface area contributed by atoms with Crippen LogP contribution in [0.1, 0.15) is 7.85 Å². The number of aliphatic carboxylic acids is 1. The van der Waals surface area contributed by atoms with E-state index in [2.05, 4.69) is 0 Å². The van der Waals surface area contributed by atoms with Gasteiger partial charge >= 0.3 is 35.5 Å². The second kappa shape index (κ2) is 6.61. The van der Waals surface area contributed by atoms with Gasteiger partial charge < -0.3 is 12.3 Å². The van der Waals surface area contributed by atoms with E-state index in [1.54, 1.807) is 0 Å². The number of sulfonamides is 1. The third-order valence-corrected chi connectivity index (χ3v) is 6.66. The average molecular weight is 385 g/mol. The number of nitrogens with zero attached hydrogens (tertiary/aromatic N) is 2. The standard InChI is InChI=1S/C12H15N3O6S2.Na.H/c1-23(20,21)14-3-5-2-6(22-4-7(13)16)9(12(18)19)15-8(5)10(14)11(15)17;;/h5,8,10H,2-4H2,1H3,(H2,13,16)(H,18,19);;/q;+1;-1/t5-,8-,10+;;/m1../s1. The summed E-state index contributed by atoms with van der Waals surface area (Å²) < 4.78 is 24.8. The Hall–Kier alpha value is -0.590. The predicted octanol–water partition coefficient (Wildman–Crippen LogP) is -4.51. The van der Waals surface area contributed by atoms with E-state index in [0.29, 0.717) is 11.3 Å². The quantitative estimate of drug-likeness (QED) is 0.359. The van der Waals surface area contributed by atoms with Gasteiger partial charge in [-0.25, -0.2) is 13.2 Å². The summed E-state index contributed by atoms with van der Waals surface area (Å²) in [5.41, 5.74) is 4.93. The number of primary amides is 1. The molecular formula is C12H16N3NaO6S2. The Morgan fingerprint density at radius 1 is 1.46 bits per heavy atom. The van der Waals surface area contributed by atoms with Gasteiger partial charge in [0.15, 0.2) is 0 Å². The van der Waals surface area contributed by atoms with Crippen LogP contribution in [-0.2, 0) is 24.4 Å². The number of amides is 2. The fraction of sp³-hybridized carbons (Fsp3) is 0.583.